The van der Waals surface area contributed by atoms with Crippen molar-refractivity contribution in [3.8, 4) is 0 Å². The molecule has 1 aliphatic rings. The average Bonchev–Trinajstić information content (AvgIpc) is 3.07. The Balaban J connectivity index is 1.63. The Morgan fingerprint density at radius 1 is 1.39 bits per heavy atom. The fourth-order valence-corrected chi connectivity index (χ4v) is 3.87. The largest absolute Gasteiger partial charge is 0.352 e. The molecule has 1 N–H and O–H groups in total. The van der Waals surface area contributed by atoms with Crippen LogP contribution >= 0.6 is 11.8 Å². The highest BCUT2D eigenvalue weighted by molar-refractivity contribution is 7.99. The molecule has 1 heterocycles. The molecule has 0 bridgehead atoms. The van der Waals surface area contributed by atoms with E-state index in [1.54, 1.807) is 36.2 Å². The van der Waals surface area contributed by atoms with Crippen molar-refractivity contribution in [1.29, 1.82) is 0 Å². The maximum atomic E-state index is 13.8. The third-order valence-electron chi connectivity index (χ3n) is 4.36. The van der Waals surface area contributed by atoms with Crippen molar-refractivity contribution in [2.45, 2.75) is 49.7 Å². The van der Waals surface area contributed by atoms with Gasteiger partial charge >= 0.3 is 0 Å². The minimum absolute atomic E-state index is 0.0984. The van der Waals surface area contributed by atoms with Crippen molar-refractivity contribution in [2.24, 2.45) is 0 Å². The number of nitrogens with zero attached hydrogens (tertiary/aromatic N) is 1. The summed E-state index contributed by atoms with van der Waals surface area (Å²) in [6.07, 6.45) is 6.27. The first kappa shape index (κ1) is 16.2. The number of amides is 1. The normalized spacial score (nSPS) is 16.6. The van der Waals surface area contributed by atoms with E-state index in [4.69, 9.17) is 0 Å². The van der Waals surface area contributed by atoms with Crippen LogP contribution in [0.5, 0.6) is 0 Å². The molecule has 1 saturated carbocycles. The van der Waals surface area contributed by atoms with Gasteiger partial charge < -0.3 is 5.32 Å². The highest BCUT2D eigenvalue weighted by atomic mass is 32.2. The van der Waals surface area contributed by atoms with Crippen LogP contribution in [-0.4, -0.2) is 22.2 Å². The minimum atomic E-state index is -0.256. The molecular weight excluding hydrogens is 311 g/mol. The number of rotatable bonds is 5. The predicted molar refractivity (Wildman–Crippen MR) is 92.9 cm³/mol. The van der Waals surface area contributed by atoms with Crippen molar-refractivity contribution < 1.29 is 9.18 Å². The van der Waals surface area contributed by atoms with Crippen LogP contribution in [0, 0.1) is 5.82 Å². The van der Waals surface area contributed by atoms with Gasteiger partial charge in [-0.1, -0.05) is 18.9 Å². The second-order valence-electron chi connectivity index (χ2n) is 6.05. The molecule has 1 aromatic carbocycles. The van der Waals surface area contributed by atoms with E-state index in [1.807, 2.05) is 6.92 Å². The van der Waals surface area contributed by atoms with Gasteiger partial charge in [-0.2, -0.15) is 0 Å². The summed E-state index contributed by atoms with van der Waals surface area (Å²) >= 11 is 1.57. The van der Waals surface area contributed by atoms with Crippen LogP contribution in [0.2, 0.25) is 0 Å². The first-order chi connectivity index (χ1) is 11.1. The standard InChI is InChI=1S/C18H21FN2OS/c1-12(18(22)21-14-5-2-3-6-14)23-11-13-8-9-16(19)15-7-4-10-20-17(13)15/h4,7-10,12,14H,2-3,5-6,11H2,1H3,(H,21,22). The van der Waals surface area contributed by atoms with Crippen molar-refractivity contribution >= 4 is 28.6 Å². The summed E-state index contributed by atoms with van der Waals surface area (Å²) in [7, 11) is 0. The molecule has 2 aromatic rings. The van der Waals surface area contributed by atoms with E-state index in [0.717, 1.165) is 18.4 Å². The molecule has 3 nitrogen and oxygen atoms in total. The predicted octanol–water partition coefficient (Wildman–Crippen LogP) is 4.05. The van der Waals surface area contributed by atoms with Crippen molar-refractivity contribution in [3.63, 3.8) is 0 Å². The number of carbonyl (C=O) groups excluding carboxylic acids is 1. The number of benzene rings is 1. The summed E-state index contributed by atoms with van der Waals surface area (Å²) in [5.74, 6) is 0.489. The topological polar surface area (TPSA) is 42.0 Å². The van der Waals surface area contributed by atoms with Crippen molar-refractivity contribution in [3.05, 3.63) is 41.8 Å². The number of carbonyl (C=O) groups is 1. The molecule has 0 aliphatic heterocycles. The molecule has 1 fully saturated rings. The van der Waals surface area contributed by atoms with E-state index >= 15 is 0 Å². The van der Waals surface area contributed by atoms with Gasteiger partial charge in [0.05, 0.1) is 10.8 Å². The van der Waals surface area contributed by atoms with Gasteiger partial charge in [0.25, 0.3) is 0 Å². The van der Waals surface area contributed by atoms with Gasteiger partial charge in [0.2, 0.25) is 5.91 Å². The number of aromatic nitrogens is 1. The number of thioether (sulfide) groups is 1. The Hall–Kier alpha value is -1.62. The summed E-state index contributed by atoms with van der Waals surface area (Å²) in [5.41, 5.74) is 1.65. The Kier molecular flexibility index (Phi) is 5.16. The summed E-state index contributed by atoms with van der Waals surface area (Å²) < 4.78 is 13.8. The molecule has 0 radical (unpaired) electrons. The molecule has 1 aliphatic carbocycles. The zero-order chi connectivity index (χ0) is 16.2. The summed E-state index contributed by atoms with van der Waals surface area (Å²) in [6.45, 7) is 1.92. The molecule has 5 heteroatoms. The Morgan fingerprint density at radius 2 is 2.17 bits per heavy atom. The van der Waals surface area contributed by atoms with Gasteiger partial charge in [0.1, 0.15) is 5.82 Å². The lowest BCUT2D eigenvalue weighted by atomic mass is 10.1. The summed E-state index contributed by atoms with van der Waals surface area (Å²) in [4.78, 5) is 16.5. The maximum absolute atomic E-state index is 13.8. The van der Waals surface area contributed by atoms with Gasteiger partial charge in [-0.15, -0.1) is 11.8 Å². The number of nitrogens with one attached hydrogen (secondary N) is 1. The molecule has 1 atom stereocenters. The van der Waals surface area contributed by atoms with E-state index < -0.39 is 0 Å². The number of fused-ring (bicyclic) bond motifs is 1. The smallest absolute Gasteiger partial charge is 0.233 e. The van der Waals surface area contributed by atoms with Gasteiger partial charge in [-0.05, 0) is 43.5 Å². The van der Waals surface area contributed by atoms with E-state index in [1.165, 1.54) is 18.9 Å². The number of hydrogen-bond donors (Lipinski definition) is 1. The Morgan fingerprint density at radius 3 is 2.96 bits per heavy atom. The average molecular weight is 332 g/mol. The fraction of sp³-hybridized carbons (Fsp3) is 0.444. The molecule has 122 valence electrons. The van der Waals surface area contributed by atoms with E-state index in [-0.39, 0.29) is 17.0 Å². The highest BCUT2D eigenvalue weighted by Crippen LogP contribution is 2.26. The zero-order valence-corrected chi connectivity index (χ0v) is 14.0. The second kappa shape index (κ2) is 7.30. The van der Waals surface area contributed by atoms with Gasteiger partial charge in [-0.25, -0.2) is 4.39 Å². The highest BCUT2D eigenvalue weighted by Gasteiger charge is 2.21. The Bertz CT molecular complexity index is 700. The lowest BCUT2D eigenvalue weighted by Crippen LogP contribution is -2.37. The monoisotopic (exact) mass is 332 g/mol. The molecule has 1 amide bonds. The van der Waals surface area contributed by atoms with Crippen molar-refractivity contribution in [1.82, 2.24) is 10.3 Å². The maximum Gasteiger partial charge on any atom is 0.233 e. The third-order valence-corrected chi connectivity index (χ3v) is 5.55. The quantitative estimate of drug-likeness (QED) is 0.898. The summed E-state index contributed by atoms with van der Waals surface area (Å²) in [5, 5.41) is 3.54. The molecular formula is C18H21FN2OS. The van der Waals surface area contributed by atoms with Gasteiger partial charge in [-0.3, -0.25) is 9.78 Å². The zero-order valence-electron chi connectivity index (χ0n) is 13.2. The second-order valence-corrected chi connectivity index (χ2v) is 7.38. The van der Waals surface area contributed by atoms with E-state index in [0.29, 0.717) is 22.7 Å². The molecule has 0 spiro atoms. The first-order valence-electron chi connectivity index (χ1n) is 8.09. The van der Waals surface area contributed by atoms with Crippen LogP contribution in [0.4, 0.5) is 4.39 Å². The van der Waals surface area contributed by atoms with Crippen molar-refractivity contribution in [2.75, 3.05) is 0 Å². The lowest BCUT2D eigenvalue weighted by molar-refractivity contribution is -0.120. The molecule has 1 aromatic heterocycles. The fourth-order valence-electron chi connectivity index (χ4n) is 2.99. The molecule has 0 saturated heterocycles. The van der Waals surface area contributed by atoms with Crippen LogP contribution in [0.3, 0.4) is 0 Å². The molecule has 3 rings (SSSR count). The summed E-state index contributed by atoms with van der Waals surface area (Å²) in [6, 6.07) is 7.06. The van der Waals surface area contributed by atoms with Crippen LogP contribution in [-0.2, 0) is 10.5 Å². The van der Waals surface area contributed by atoms with Crippen LogP contribution in [0.1, 0.15) is 38.2 Å². The SMILES string of the molecule is CC(SCc1ccc(F)c2cccnc12)C(=O)NC1CCCC1. The van der Waals surface area contributed by atoms with Crippen LogP contribution in [0.25, 0.3) is 10.9 Å². The number of hydrogen-bond acceptors (Lipinski definition) is 3. The third kappa shape index (κ3) is 3.83. The number of halogens is 1. The molecule has 23 heavy (non-hydrogen) atoms. The van der Waals surface area contributed by atoms with E-state index in [9.17, 15) is 9.18 Å². The lowest BCUT2D eigenvalue weighted by Gasteiger charge is -2.16. The van der Waals surface area contributed by atoms with Crippen LogP contribution < -0.4 is 5.32 Å². The number of pyridine rings is 1. The first-order valence-corrected chi connectivity index (χ1v) is 9.14. The Labute approximate surface area is 140 Å². The molecule has 1 unspecified atom stereocenters. The van der Waals surface area contributed by atoms with Gasteiger partial charge in [0.15, 0.2) is 0 Å². The van der Waals surface area contributed by atoms with Gasteiger partial charge in [0, 0.05) is 23.4 Å². The minimum Gasteiger partial charge on any atom is -0.352 e. The van der Waals surface area contributed by atoms with E-state index in [2.05, 4.69) is 10.3 Å². The van der Waals surface area contributed by atoms with Crippen LogP contribution in [0.15, 0.2) is 30.5 Å².